The molecule has 2 rings (SSSR count). The van der Waals surface area contributed by atoms with Gasteiger partial charge in [-0.15, -0.1) is 0 Å². The average Bonchev–Trinajstić information content (AvgIpc) is 2.73. The minimum atomic E-state index is -3.92. The number of anilines is 1. The summed E-state index contributed by atoms with van der Waals surface area (Å²) in [4.78, 5) is 35.5. The van der Waals surface area contributed by atoms with Gasteiger partial charge >= 0.3 is 11.9 Å². The van der Waals surface area contributed by atoms with Crippen molar-refractivity contribution in [3.8, 4) is 0 Å². The third-order valence-corrected chi connectivity index (χ3v) is 5.99. The highest BCUT2D eigenvalue weighted by molar-refractivity contribution is 7.89. The number of carbonyl (C=O) groups is 3. The van der Waals surface area contributed by atoms with Gasteiger partial charge in [0.2, 0.25) is 10.0 Å². The van der Waals surface area contributed by atoms with Gasteiger partial charge in [-0.25, -0.2) is 13.2 Å². The van der Waals surface area contributed by atoms with Crippen LogP contribution in [0.15, 0.2) is 53.4 Å². The van der Waals surface area contributed by atoms with Crippen LogP contribution in [0.3, 0.4) is 0 Å². The molecule has 0 spiro atoms. The Labute approximate surface area is 184 Å². The quantitative estimate of drug-likeness (QED) is 0.561. The van der Waals surface area contributed by atoms with E-state index in [0.717, 1.165) is 4.31 Å². The van der Waals surface area contributed by atoms with Crippen LogP contribution in [0.25, 0.3) is 0 Å². The number of hydrogen-bond acceptors (Lipinski definition) is 7. The molecule has 2 aromatic rings. The zero-order chi connectivity index (χ0) is 23.0. The molecule has 0 unspecified atom stereocenters. The number of nitrogens with one attached hydrogen (secondary N) is 1. The van der Waals surface area contributed by atoms with E-state index in [1.165, 1.54) is 55.6 Å². The number of nitrogens with zero attached hydrogens (tertiary/aromatic N) is 1. The molecule has 1 amide bonds. The van der Waals surface area contributed by atoms with Crippen LogP contribution in [0.4, 0.5) is 5.69 Å². The van der Waals surface area contributed by atoms with Crippen molar-refractivity contribution in [2.24, 2.45) is 0 Å². The fourth-order valence-electron chi connectivity index (χ4n) is 2.35. The normalized spacial score (nSPS) is 11.1. The molecule has 0 saturated heterocycles. The fourth-order valence-corrected chi connectivity index (χ4v) is 3.59. The van der Waals surface area contributed by atoms with Crippen LogP contribution in [0.2, 0.25) is 5.02 Å². The molecule has 1 N–H and O–H groups in total. The SMILES string of the molecule is CCOC(=O)c1ccc(NC(=O)COC(=O)CN(C)S(=O)(=O)c2ccc(Cl)cc2)cc1. The van der Waals surface area contributed by atoms with Gasteiger partial charge in [0.15, 0.2) is 6.61 Å². The van der Waals surface area contributed by atoms with Crippen molar-refractivity contribution < 1.29 is 32.3 Å². The first-order chi connectivity index (χ1) is 14.6. The van der Waals surface area contributed by atoms with E-state index in [9.17, 15) is 22.8 Å². The van der Waals surface area contributed by atoms with Crippen LogP contribution in [0.1, 0.15) is 17.3 Å². The van der Waals surface area contributed by atoms with Gasteiger partial charge in [-0.05, 0) is 55.5 Å². The molecular formula is C20H21ClN2O7S. The Morgan fingerprint density at radius 3 is 2.19 bits per heavy atom. The van der Waals surface area contributed by atoms with Crippen LogP contribution in [0, 0.1) is 0 Å². The minimum absolute atomic E-state index is 0.0313. The molecule has 0 bridgehead atoms. The molecule has 11 heteroatoms. The highest BCUT2D eigenvalue weighted by atomic mass is 35.5. The van der Waals surface area contributed by atoms with Crippen molar-refractivity contribution in [2.45, 2.75) is 11.8 Å². The predicted octanol–water partition coefficient (Wildman–Crippen LogP) is 2.32. The Morgan fingerprint density at radius 2 is 1.61 bits per heavy atom. The zero-order valence-electron chi connectivity index (χ0n) is 16.8. The summed E-state index contributed by atoms with van der Waals surface area (Å²) in [5, 5.41) is 2.87. The lowest BCUT2D eigenvalue weighted by Crippen LogP contribution is -2.34. The van der Waals surface area contributed by atoms with Crippen LogP contribution < -0.4 is 5.32 Å². The molecule has 166 valence electrons. The second kappa shape index (κ2) is 10.9. The van der Waals surface area contributed by atoms with Gasteiger partial charge in [0, 0.05) is 17.8 Å². The minimum Gasteiger partial charge on any atom is -0.462 e. The number of carbonyl (C=O) groups excluding carboxylic acids is 3. The lowest BCUT2D eigenvalue weighted by molar-refractivity contribution is -0.147. The van der Waals surface area contributed by atoms with Gasteiger partial charge in [0.1, 0.15) is 6.54 Å². The number of rotatable bonds is 9. The first kappa shape index (κ1) is 24.3. The number of amides is 1. The summed E-state index contributed by atoms with van der Waals surface area (Å²) in [7, 11) is -2.70. The monoisotopic (exact) mass is 468 g/mol. The summed E-state index contributed by atoms with van der Waals surface area (Å²) in [5.41, 5.74) is 0.716. The Morgan fingerprint density at radius 1 is 1.00 bits per heavy atom. The largest absolute Gasteiger partial charge is 0.462 e. The molecule has 9 nitrogen and oxygen atoms in total. The second-order valence-electron chi connectivity index (χ2n) is 6.22. The van der Waals surface area contributed by atoms with E-state index < -0.39 is 41.0 Å². The highest BCUT2D eigenvalue weighted by Crippen LogP contribution is 2.17. The van der Waals surface area contributed by atoms with Gasteiger partial charge < -0.3 is 14.8 Å². The third-order valence-electron chi connectivity index (χ3n) is 3.92. The van der Waals surface area contributed by atoms with Crippen molar-refractivity contribution in [1.29, 1.82) is 0 Å². The molecule has 0 saturated carbocycles. The fraction of sp³-hybridized carbons (Fsp3) is 0.250. The standard InChI is InChI=1S/C20H21ClN2O7S/c1-3-29-20(26)14-4-8-16(9-5-14)22-18(24)13-30-19(25)12-23(2)31(27,28)17-10-6-15(21)7-11-17/h4-11H,3,12-13H2,1-2H3,(H,22,24). The van der Waals surface area contributed by atoms with Crippen LogP contribution in [-0.4, -0.2) is 57.4 Å². The van der Waals surface area contributed by atoms with Crippen LogP contribution in [-0.2, 0) is 29.1 Å². The summed E-state index contributed by atoms with van der Waals surface area (Å²) in [5.74, 6) is -2.00. The number of halogens is 1. The highest BCUT2D eigenvalue weighted by Gasteiger charge is 2.23. The maximum Gasteiger partial charge on any atom is 0.338 e. The van der Waals surface area contributed by atoms with Crippen molar-refractivity contribution in [3.63, 3.8) is 0 Å². The van der Waals surface area contributed by atoms with Crippen molar-refractivity contribution in [2.75, 3.05) is 32.1 Å². The number of benzene rings is 2. The molecule has 0 fully saturated rings. The van der Waals surface area contributed by atoms with E-state index in [2.05, 4.69) is 5.32 Å². The summed E-state index contributed by atoms with van der Waals surface area (Å²) in [6, 6.07) is 11.4. The number of hydrogen-bond donors (Lipinski definition) is 1. The first-order valence-electron chi connectivity index (χ1n) is 9.08. The third kappa shape index (κ3) is 7.06. The topological polar surface area (TPSA) is 119 Å². The van der Waals surface area contributed by atoms with Crippen LogP contribution >= 0.6 is 11.6 Å². The van der Waals surface area contributed by atoms with E-state index >= 15 is 0 Å². The maximum atomic E-state index is 12.4. The number of likely N-dealkylation sites (N-methyl/N-ethyl adjacent to an activating group) is 1. The molecule has 0 aliphatic heterocycles. The van der Waals surface area contributed by atoms with E-state index in [1.807, 2.05) is 0 Å². The van der Waals surface area contributed by atoms with Gasteiger partial charge in [-0.2, -0.15) is 4.31 Å². The van der Waals surface area contributed by atoms with Gasteiger partial charge in [0.05, 0.1) is 17.1 Å². The van der Waals surface area contributed by atoms with Gasteiger partial charge in [-0.3, -0.25) is 9.59 Å². The molecule has 0 atom stereocenters. The molecule has 31 heavy (non-hydrogen) atoms. The Kier molecular flexibility index (Phi) is 8.55. The predicted molar refractivity (Wildman–Crippen MR) is 113 cm³/mol. The average molecular weight is 469 g/mol. The molecule has 0 aliphatic rings. The summed E-state index contributed by atoms with van der Waals surface area (Å²) >= 11 is 5.75. The lowest BCUT2D eigenvalue weighted by Gasteiger charge is -2.16. The second-order valence-corrected chi connectivity index (χ2v) is 8.70. The lowest BCUT2D eigenvalue weighted by atomic mass is 10.2. The summed E-state index contributed by atoms with van der Waals surface area (Å²) in [6.07, 6.45) is 0. The zero-order valence-corrected chi connectivity index (χ0v) is 18.4. The van der Waals surface area contributed by atoms with Crippen molar-refractivity contribution in [1.82, 2.24) is 4.31 Å². The molecule has 0 heterocycles. The molecular weight excluding hydrogens is 448 g/mol. The molecule has 0 radical (unpaired) electrons. The van der Waals surface area contributed by atoms with E-state index in [4.69, 9.17) is 21.1 Å². The Hall–Kier alpha value is -2.95. The smallest absolute Gasteiger partial charge is 0.338 e. The molecule has 0 aliphatic carbocycles. The van der Waals surface area contributed by atoms with Gasteiger partial charge in [-0.1, -0.05) is 11.6 Å². The first-order valence-corrected chi connectivity index (χ1v) is 10.9. The van der Waals surface area contributed by atoms with Crippen molar-refractivity contribution in [3.05, 3.63) is 59.1 Å². The van der Waals surface area contributed by atoms with Crippen LogP contribution in [0.5, 0.6) is 0 Å². The number of ether oxygens (including phenoxy) is 2. The molecule has 0 aromatic heterocycles. The van der Waals surface area contributed by atoms with Crippen molar-refractivity contribution >= 4 is 45.2 Å². The number of esters is 2. The van der Waals surface area contributed by atoms with Gasteiger partial charge in [0.25, 0.3) is 5.91 Å². The maximum absolute atomic E-state index is 12.4. The number of sulfonamides is 1. The van der Waals surface area contributed by atoms with E-state index in [-0.39, 0.29) is 11.5 Å². The summed E-state index contributed by atoms with van der Waals surface area (Å²) in [6.45, 7) is 0.761. The molecule has 2 aromatic carbocycles. The van der Waals surface area contributed by atoms with E-state index in [0.29, 0.717) is 16.3 Å². The Bertz CT molecular complexity index is 1040. The van der Waals surface area contributed by atoms with E-state index in [1.54, 1.807) is 6.92 Å². The Balaban J connectivity index is 1.84. The summed E-state index contributed by atoms with van der Waals surface area (Å²) < 4.78 is 35.4.